The second kappa shape index (κ2) is 8.92. The molecule has 1 aromatic rings. The molecule has 2 fully saturated rings. The van der Waals surface area contributed by atoms with E-state index in [0.29, 0.717) is 25.0 Å². The lowest BCUT2D eigenvalue weighted by molar-refractivity contribution is 0.146. The first-order valence-corrected chi connectivity index (χ1v) is 9.65. The molecule has 0 bridgehead atoms. The van der Waals surface area contributed by atoms with Gasteiger partial charge in [-0.3, -0.25) is 4.99 Å². The predicted octanol–water partition coefficient (Wildman–Crippen LogP) is 2.58. The van der Waals surface area contributed by atoms with Crippen LogP contribution in [-0.4, -0.2) is 56.3 Å². The van der Waals surface area contributed by atoms with Crippen LogP contribution < -0.4 is 10.6 Å². The normalized spacial score (nSPS) is 21.4. The zero-order valence-corrected chi connectivity index (χ0v) is 15.8. The minimum Gasteiger partial charge on any atom is -0.450 e. The van der Waals surface area contributed by atoms with Crippen LogP contribution >= 0.6 is 0 Å². The Labute approximate surface area is 156 Å². The second-order valence-corrected chi connectivity index (χ2v) is 7.08. The minimum absolute atomic E-state index is 0.0957. The Morgan fingerprint density at radius 3 is 2.73 bits per heavy atom. The van der Waals surface area contributed by atoms with Crippen molar-refractivity contribution in [1.29, 1.82) is 0 Å². The van der Waals surface area contributed by atoms with E-state index in [2.05, 4.69) is 50.9 Å². The van der Waals surface area contributed by atoms with Crippen molar-refractivity contribution in [2.75, 3.05) is 33.3 Å². The number of benzene rings is 1. The number of alkyl carbamates (subject to hydrolysis) is 1. The number of carbonyl (C=O) groups is 1. The molecule has 0 radical (unpaired) electrons. The van der Waals surface area contributed by atoms with Crippen molar-refractivity contribution in [2.24, 2.45) is 10.9 Å². The summed E-state index contributed by atoms with van der Waals surface area (Å²) in [6.07, 6.45) is 3.14. The fraction of sp³-hybridized carbons (Fsp3) is 0.600. The first kappa shape index (κ1) is 18.5. The molecule has 0 aromatic heterocycles. The van der Waals surface area contributed by atoms with Gasteiger partial charge in [0.15, 0.2) is 5.96 Å². The second-order valence-electron chi connectivity index (χ2n) is 7.08. The molecule has 2 aliphatic rings. The van der Waals surface area contributed by atoms with Crippen LogP contribution in [0.4, 0.5) is 4.79 Å². The molecule has 6 heteroatoms. The number of hydrogen-bond donors (Lipinski definition) is 2. The molecule has 1 aliphatic heterocycles. The molecule has 1 saturated heterocycles. The van der Waals surface area contributed by atoms with Crippen LogP contribution in [-0.2, 0) is 4.74 Å². The van der Waals surface area contributed by atoms with Gasteiger partial charge in [0.05, 0.1) is 12.6 Å². The zero-order chi connectivity index (χ0) is 18.4. The largest absolute Gasteiger partial charge is 0.450 e. The summed E-state index contributed by atoms with van der Waals surface area (Å²) in [4.78, 5) is 18.5. The molecule has 2 N–H and O–H groups in total. The monoisotopic (exact) mass is 358 g/mol. The summed E-state index contributed by atoms with van der Waals surface area (Å²) in [5.41, 5.74) is 1.39. The molecule has 0 spiro atoms. The number of nitrogens with one attached hydrogen (secondary N) is 2. The van der Waals surface area contributed by atoms with Gasteiger partial charge in [0.1, 0.15) is 0 Å². The molecule has 1 amide bonds. The number of hydrogen-bond acceptors (Lipinski definition) is 3. The van der Waals surface area contributed by atoms with Gasteiger partial charge >= 0.3 is 6.09 Å². The van der Waals surface area contributed by atoms with Crippen LogP contribution in [0.1, 0.15) is 37.7 Å². The Hall–Kier alpha value is -2.24. The van der Waals surface area contributed by atoms with Crippen LogP contribution in [0.5, 0.6) is 0 Å². The van der Waals surface area contributed by atoms with Crippen molar-refractivity contribution in [3.63, 3.8) is 0 Å². The van der Waals surface area contributed by atoms with Gasteiger partial charge in [-0.25, -0.2) is 4.79 Å². The number of guanidine groups is 1. The molecule has 3 rings (SSSR count). The van der Waals surface area contributed by atoms with E-state index in [-0.39, 0.29) is 12.1 Å². The topological polar surface area (TPSA) is 66.0 Å². The van der Waals surface area contributed by atoms with Crippen LogP contribution in [0.25, 0.3) is 0 Å². The first-order valence-electron chi connectivity index (χ1n) is 9.65. The predicted molar refractivity (Wildman–Crippen MR) is 103 cm³/mol. The zero-order valence-electron chi connectivity index (χ0n) is 15.8. The quantitative estimate of drug-likeness (QED) is 0.606. The lowest BCUT2D eigenvalue weighted by Crippen LogP contribution is -2.49. The first-order chi connectivity index (χ1) is 12.7. The Bertz CT molecular complexity index is 615. The lowest BCUT2D eigenvalue weighted by Gasteiger charge is -2.25. The van der Waals surface area contributed by atoms with Gasteiger partial charge in [-0.2, -0.15) is 0 Å². The van der Waals surface area contributed by atoms with Crippen molar-refractivity contribution in [3.05, 3.63) is 35.9 Å². The maximum absolute atomic E-state index is 11.8. The molecule has 26 heavy (non-hydrogen) atoms. The van der Waals surface area contributed by atoms with Crippen molar-refractivity contribution < 1.29 is 9.53 Å². The third kappa shape index (κ3) is 4.90. The van der Waals surface area contributed by atoms with Gasteiger partial charge in [-0.15, -0.1) is 0 Å². The molecule has 6 nitrogen and oxygen atoms in total. The number of carbonyl (C=O) groups excluding carboxylic acids is 1. The van der Waals surface area contributed by atoms with Crippen molar-refractivity contribution in [1.82, 2.24) is 15.5 Å². The number of rotatable bonds is 6. The van der Waals surface area contributed by atoms with Gasteiger partial charge < -0.3 is 20.3 Å². The lowest BCUT2D eigenvalue weighted by atomic mass is 9.99. The van der Waals surface area contributed by atoms with Gasteiger partial charge in [0, 0.05) is 32.6 Å². The highest BCUT2D eigenvalue weighted by Gasteiger charge is 2.33. The summed E-state index contributed by atoms with van der Waals surface area (Å²) < 4.78 is 5.03. The average molecular weight is 358 g/mol. The van der Waals surface area contributed by atoms with Crippen LogP contribution in [0.15, 0.2) is 35.3 Å². The number of amides is 1. The number of ether oxygens (including phenoxy) is 1. The van der Waals surface area contributed by atoms with E-state index < -0.39 is 0 Å². The van der Waals surface area contributed by atoms with E-state index in [0.717, 1.165) is 38.3 Å². The number of likely N-dealkylation sites (tertiary alicyclic amines) is 1. The molecule has 2 atom stereocenters. The Kier molecular flexibility index (Phi) is 6.36. The fourth-order valence-corrected chi connectivity index (χ4v) is 3.64. The average Bonchev–Trinajstić information content (AvgIpc) is 3.39. The Balaban J connectivity index is 1.52. The molecule has 1 aliphatic carbocycles. The third-order valence-electron chi connectivity index (χ3n) is 5.22. The summed E-state index contributed by atoms with van der Waals surface area (Å²) in [6.45, 7) is 4.87. The van der Waals surface area contributed by atoms with Crippen LogP contribution in [0.3, 0.4) is 0 Å². The number of aliphatic imine (C=N–C) groups is 1. The summed E-state index contributed by atoms with van der Waals surface area (Å²) >= 11 is 0. The molecule has 142 valence electrons. The highest BCUT2D eigenvalue weighted by atomic mass is 16.5. The fourth-order valence-electron chi connectivity index (χ4n) is 3.64. The van der Waals surface area contributed by atoms with Crippen LogP contribution in [0.2, 0.25) is 0 Å². The van der Waals surface area contributed by atoms with E-state index in [9.17, 15) is 4.79 Å². The Morgan fingerprint density at radius 1 is 1.31 bits per heavy atom. The minimum atomic E-state index is -0.327. The summed E-state index contributed by atoms with van der Waals surface area (Å²) in [5.74, 6) is 2.01. The highest BCUT2D eigenvalue weighted by Crippen LogP contribution is 2.32. The summed E-state index contributed by atoms with van der Waals surface area (Å²) in [6, 6.07) is 10.8. The third-order valence-corrected chi connectivity index (χ3v) is 5.22. The molecule has 1 saturated carbocycles. The van der Waals surface area contributed by atoms with Crippen LogP contribution in [0, 0.1) is 5.92 Å². The highest BCUT2D eigenvalue weighted by molar-refractivity contribution is 5.80. The smallest absolute Gasteiger partial charge is 0.407 e. The molecule has 1 heterocycles. The molecule has 2 unspecified atom stereocenters. The van der Waals surface area contributed by atoms with Crippen molar-refractivity contribution in [2.45, 2.75) is 38.1 Å². The number of nitrogens with zero attached hydrogens (tertiary/aromatic N) is 2. The van der Waals surface area contributed by atoms with E-state index >= 15 is 0 Å². The Morgan fingerprint density at radius 2 is 2.08 bits per heavy atom. The summed E-state index contributed by atoms with van der Waals surface area (Å²) in [5, 5.41) is 6.45. The van der Waals surface area contributed by atoms with E-state index in [1.807, 2.05) is 14.0 Å². The van der Waals surface area contributed by atoms with E-state index in [4.69, 9.17) is 4.74 Å². The van der Waals surface area contributed by atoms with Gasteiger partial charge in [-0.05, 0) is 37.7 Å². The van der Waals surface area contributed by atoms with Gasteiger partial charge in [-0.1, -0.05) is 30.3 Å². The SMILES string of the molecule is CCOC(=O)NC(CNC(=NC)N1CCC(c2ccccc2)C1)C1CC1. The maximum atomic E-state index is 11.8. The maximum Gasteiger partial charge on any atom is 0.407 e. The van der Waals surface area contributed by atoms with Crippen molar-refractivity contribution in [3.8, 4) is 0 Å². The van der Waals surface area contributed by atoms with Crippen molar-refractivity contribution >= 4 is 12.1 Å². The van der Waals surface area contributed by atoms with E-state index in [1.165, 1.54) is 5.56 Å². The molecular formula is C20H30N4O2. The molecular weight excluding hydrogens is 328 g/mol. The molecule has 1 aromatic carbocycles. The summed E-state index contributed by atoms with van der Waals surface area (Å²) in [7, 11) is 1.82. The van der Waals surface area contributed by atoms with Gasteiger partial charge in [0.2, 0.25) is 0 Å². The van der Waals surface area contributed by atoms with E-state index in [1.54, 1.807) is 0 Å². The van der Waals surface area contributed by atoms with Gasteiger partial charge in [0.25, 0.3) is 0 Å². The standard InChI is InChI=1S/C20H30N4O2/c1-3-26-20(25)23-18(16-9-10-16)13-22-19(21-2)24-12-11-17(14-24)15-7-5-4-6-8-15/h4-8,16-18H,3,9-14H2,1-2H3,(H,21,22)(H,23,25).